The first-order valence-corrected chi connectivity index (χ1v) is 8.24. The number of aromatic amines is 1. The minimum absolute atomic E-state index is 0.159. The third-order valence-corrected chi connectivity index (χ3v) is 4.54. The van der Waals surface area contributed by atoms with E-state index in [9.17, 15) is 4.79 Å². The Morgan fingerprint density at radius 2 is 2.30 bits per heavy atom. The number of H-pyrrole nitrogens is 1. The third kappa shape index (κ3) is 3.54. The highest BCUT2D eigenvalue weighted by Crippen LogP contribution is 2.18. The number of anilines is 1. The fourth-order valence-electron chi connectivity index (χ4n) is 2.10. The Balaban J connectivity index is 1.71. The number of hydrogen-bond donors (Lipinski definition) is 2. The van der Waals surface area contributed by atoms with Crippen LogP contribution < -0.4 is 5.32 Å². The monoisotopic (exact) mass is 345 g/mol. The molecule has 1 amide bonds. The molecule has 0 aliphatic rings. The summed E-state index contributed by atoms with van der Waals surface area (Å²) in [5, 5.41) is 12.2. The molecular formula is C15H15N5OS2. The first kappa shape index (κ1) is 15.6. The van der Waals surface area contributed by atoms with E-state index in [2.05, 4.69) is 20.5 Å². The van der Waals surface area contributed by atoms with Gasteiger partial charge in [-0.25, -0.2) is 4.98 Å². The lowest BCUT2D eigenvalue weighted by atomic mass is 10.1. The van der Waals surface area contributed by atoms with Crippen LogP contribution in [-0.4, -0.2) is 25.7 Å². The van der Waals surface area contributed by atoms with E-state index in [0.29, 0.717) is 21.9 Å². The van der Waals surface area contributed by atoms with Crippen LogP contribution in [0.5, 0.6) is 0 Å². The minimum Gasteiger partial charge on any atom is -0.307 e. The van der Waals surface area contributed by atoms with Gasteiger partial charge in [0.25, 0.3) is 5.91 Å². The number of benzene rings is 1. The Hall–Kier alpha value is -2.32. The van der Waals surface area contributed by atoms with Gasteiger partial charge in [0.05, 0.1) is 12.1 Å². The number of aryl methyl sites for hydroxylation is 1. The van der Waals surface area contributed by atoms with Crippen molar-refractivity contribution in [3.05, 3.63) is 57.1 Å². The number of carbonyl (C=O) groups excluding carboxylic acids is 1. The van der Waals surface area contributed by atoms with E-state index in [4.69, 9.17) is 12.2 Å². The van der Waals surface area contributed by atoms with Crippen LogP contribution in [0.15, 0.2) is 29.6 Å². The second-order valence-electron chi connectivity index (χ2n) is 5.15. The molecule has 0 aliphatic carbocycles. The highest BCUT2D eigenvalue weighted by Gasteiger charge is 2.11. The van der Waals surface area contributed by atoms with Gasteiger partial charge in [0, 0.05) is 18.0 Å². The second-order valence-corrected chi connectivity index (χ2v) is 6.39. The molecule has 2 heterocycles. The summed E-state index contributed by atoms with van der Waals surface area (Å²) in [6, 6.07) is 7.45. The van der Waals surface area contributed by atoms with Gasteiger partial charge >= 0.3 is 0 Å². The van der Waals surface area contributed by atoms with Gasteiger partial charge in [0.15, 0.2) is 9.90 Å². The lowest BCUT2D eigenvalue weighted by Crippen LogP contribution is -2.11. The largest absolute Gasteiger partial charge is 0.307 e. The maximum Gasteiger partial charge on any atom is 0.257 e. The molecule has 0 aliphatic heterocycles. The predicted octanol–water partition coefficient (Wildman–Crippen LogP) is 3.09. The Bertz CT molecular complexity index is 908. The summed E-state index contributed by atoms with van der Waals surface area (Å²) in [6.07, 6.45) is 0.556. The van der Waals surface area contributed by atoms with Gasteiger partial charge in [0.2, 0.25) is 0 Å². The van der Waals surface area contributed by atoms with Crippen molar-refractivity contribution in [1.82, 2.24) is 19.7 Å². The molecule has 3 aromatic rings. The Labute approximate surface area is 142 Å². The summed E-state index contributed by atoms with van der Waals surface area (Å²) in [4.78, 5) is 16.6. The summed E-state index contributed by atoms with van der Waals surface area (Å²) in [6.45, 7) is 1.95. The molecule has 0 saturated carbocycles. The zero-order chi connectivity index (χ0) is 16.4. The van der Waals surface area contributed by atoms with Crippen LogP contribution in [0, 0.1) is 11.7 Å². The maximum atomic E-state index is 12.2. The molecule has 0 radical (unpaired) electrons. The molecule has 0 atom stereocenters. The fraction of sp³-hybridized carbons (Fsp3) is 0.200. The zero-order valence-electron chi connectivity index (χ0n) is 12.7. The number of carbonyl (C=O) groups is 1. The van der Waals surface area contributed by atoms with Gasteiger partial charge in [-0.2, -0.15) is 5.10 Å². The lowest BCUT2D eigenvalue weighted by molar-refractivity contribution is 0.102. The molecule has 8 heteroatoms. The van der Waals surface area contributed by atoms with Gasteiger partial charge in [0.1, 0.15) is 5.82 Å². The van der Waals surface area contributed by atoms with Crippen molar-refractivity contribution in [2.24, 2.45) is 7.05 Å². The van der Waals surface area contributed by atoms with E-state index in [1.807, 2.05) is 37.6 Å². The first-order chi connectivity index (χ1) is 11.0. The highest BCUT2D eigenvalue weighted by atomic mass is 32.1. The van der Waals surface area contributed by atoms with Crippen molar-refractivity contribution < 1.29 is 4.79 Å². The summed E-state index contributed by atoms with van der Waals surface area (Å²) in [5.41, 5.74) is 2.51. The number of nitrogens with zero attached hydrogens (tertiary/aromatic N) is 3. The molecule has 6 nitrogen and oxygen atoms in total. The number of hydrogen-bond acceptors (Lipinski definition) is 5. The summed E-state index contributed by atoms with van der Waals surface area (Å²) in [5.74, 6) is 0.643. The number of nitrogens with one attached hydrogen (secondary N) is 2. The minimum atomic E-state index is -0.159. The number of rotatable bonds is 4. The molecular weight excluding hydrogens is 330 g/mol. The number of aromatic nitrogens is 4. The van der Waals surface area contributed by atoms with Crippen molar-refractivity contribution >= 4 is 34.6 Å². The van der Waals surface area contributed by atoms with Crippen LogP contribution in [0.4, 0.5) is 5.13 Å². The molecule has 23 heavy (non-hydrogen) atoms. The SMILES string of the molecule is Cc1cccc(C(=O)Nc2nc(Cc3n[nH]c(=S)n3C)cs2)c1. The zero-order valence-corrected chi connectivity index (χ0v) is 14.3. The number of amides is 1. The standard InChI is InChI=1S/C15H15N5OS2/c1-9-4-3-5-10(6-9)13(21)17-14-16-11(8-23-14)7-12-18-19-15(22)20(12)2/h3-6,8H,7H2,1-2H3,(H,19,22)(H,16,17,21). The maximum absolute atomic E-state index is 12.2. The smallest absolute Gasteiger partial charge is 0.257 e. The average molecular weight is 345 g/mol. The Morgan fingerprint density at radius 1 is 1.48 bits per heavy atom. The molecule has 2 aromatic heterocycles. The van der Waals surface area contributed by atoms with Gasteiger partial charge in [-0.3, -0.25) is 15.2 Å². The molecule has 118 valence electrons. The molecule has 0 saturated heterocycles. The fourth-order valence-corrected chi connectivity index (χ4v) is 2.96. The van der Waals surface area contributed by atoms with Crippen LogP contribution in [0.3, 0.4) is 0 Å². The molecule has 1 aromatic carbocycles. The number of thiazole rings is 1. The summed E-state index contributed by atoms with van der Waals surface area (Å²) in [7, 11) is 1.86. The molecule has 2 N–H and O–H groups in total. The molecule has 0 unspecified atom stereocenters. The summed E-state index contributed by atoms with van der Waals surface area (Å²) >= 11 is 6.48. The van der Waals surface area contributed by atoms with E-state index >= 15 is 0 Å². The lowest BCUT2D eigenvalue weighted by Gasteiger charge is -2.02. The van der Waals surface area contributed by atoms with Crippen LogP contribution in [0.1, 0.15) is 27.4 Å². The van der Waals surface area contributed by atoms with E-state index in [1.165, 1.54) is 11.3 Å². The van der Waals surface area contributed by atoms with Gasteiger partial charge in [-0.1, -0.05) is 17.7 Å². The van der Waals surface area contributed by atoms with E-state index < -0.39 is 0 Å². The molecule has 0 bridgehead atoms. The van der Waals surface area contributed by atoms with Gasteiger partial charge < -0.3 is 4.57 Å². The van der Waals surface area contributed by atoms with Crippen LogP contribution >= 0.6 is 23.6 Å². The van der Waals surface area contributed by atoms with Crippen molar-refractivity contribution in [1.29, 1.82) is 0 Å². The van der Waals surface area contributed by atoms with E-state index in [1.54, 1.807) is 10.6 Å². The summed E-state index contributed by atoms with van der Waals surface area (Å²) < 4.78 is 2.38. The topological polar surface area (TPSA) is 75.6 Å². The van der Waals surface area contributed by atoms with Crippen LogP contribution in [0.2, 0.25) is 0 Å². The van der Waals surface area contributed by atoms with E-state index in [-0.39, 0.29) is 5.91 Å². The quantitative estimate of drug-likeness (QED) is 0.713. The molecule has 0 spiro atoms. The van der Waals surface area contributed by atoms with Crippen molar-refractivity contribution in [3.63, 3.8) is 0 Å². The average Bonchev–Trinajstić information content (AvgIpc) is 3.09. The first-order valence-electron chi connectivity index (χ1n) is 6.95. The second kappa shape index (κ2) is 6.43. The highest BCUT2D eigenvalue weighted by molar-refractivity contribution is 7.71. The van der Waals surface area contributed by atoms with Crippen molar-refractivity contribution in [3.8, 4) is 0 Å². The Morgan fingerprint density at radius 3 is 3.00 bits per heavy atom. The van der Waals surface area contributed by atoms with Crippen molar-refractivity contribution in [2.75, 3.05) is 5.32 Å². The molecule has 3 rings (SSSR count). The van der Waals surface area contributed by atoms with Gasteiger partial charge in [-0.15, -0.1) is 11.3 Å². The van der Waals surface area contributed by atoms with Crippen LogP contribution in [-0.2, 0) is 13.5 Å². The van der Waals surface area contributed by atoms with Crippen molar-refractivity contribution in [2.45, 2.75) is 13.3 Å². The third-order valence-electron chi connectivity index (χ3n) is 3.36. The predicted molar refractivity (Wildman–Crippen MR) is 92.4 cm³/mol. The van der Waals surface area contributed by atoms with Gasteiger partial charge in [-0.05, 0) is 31.3 Å². The Kier molecular flexibility index (Phi) is 4.35. The normalized spacial score (nSPS) is 10.7. The molecule has 0 fully saturated rings. The van der Waals surface area contributed by atoms with E-state index in [0.717, 1.165) is 17.1 Å². The van der Waals surface area contributed by atoms with Crippen LogP contribution in [0.25, 0.3) is 0 Å².